The van der Waals surface area contributed by atoms with Crippen molar-refractivity contribution in [3.63, 3.8) is 0 Å². The molecule has 150 valence electrons. The molecule has 3 rings (SSSR count). The summed E-state index contributed by atoms with van der Waals surface area (Å²) >= 11 is 0. The molecule has 0 unspecified atom stereocenters. The Bertz CT molecular complexity index is 852. The molecule has 0 aromatic carbocycles. The normalized spacial score (nSPS) is 15.4. The van der Waals surface area contributed by atoms with Gasteiger partial charge in [-0.1, -0.05) is 0 Å². The first kappa shape index (κ1) is 19.7. The molecule has 0 saturated carbocycles. The number of nitrogens with two attached hydrogens (primary N) is 1. The summed E-state index contributed by atoms with van der Waals surface area (Å²) in [6, 6.07) is 0.164. The Morgan fingerprint density at radius 2 is 1.89 bits per heavy atom. The van der Waals surface area contributed by atoms with Gasteiger partial charge in [-0.25, -0.2) is 14.6 Å². The Hall–Kier alpha value is -3.01. The number of carbonyl (C=O) groups is 2. The summed E-state index contributed by atoms with van der Waals surface area (Å²) in [6.45, 7) is 6.77. The maximum atomic E-state index is 12.2. The number of amides is 1. The van der Waals surface area contributed by atoms with Gasteiger partial charge in [-0.05, 0) is 33.6 Å². The van der Waals surface area contributed by atoms with E-state index in [2.05, 4.69) is 19.9 Å². The summed E-state index contributed by atoms with van der Waals surface area (Å²) in [5.41, 5.74) is 0.754. The van der Waals surface area contributed by atoms with Crippen molar-refractivity contribution in [3.8, 4) is 11.3 Å². The molecule has 0 bridgehead atoms. The van der Waals surface area contributed by atoms with Gasteiger partial charge in [0.15, 0.2) is 5.69 Å². The highest BCUT2D eigenvalue weighted by Gasteiger charge is 2.28. The lowest BCUT2D eigenvalue weighted by Crippen LogP contribution is -2.42. The van der Waals surface area contributed by atoms with Crippen molar-refractivity contribution < 1.29 is 19.2 Å². The molecule has 1 aliphatic rings. The zero-order chi connectivity index (χ0) is 20.3. The number of carbonyl (C=O) groups excluding carboxylic acids is 2. The third kappa shape index (κ3) is 4.63. The second kappa shape index (κ2) is 7.93. The summed E-state index contributed by atoms with van der Waals surface area (Å²) < 4.78 is 7.28. The second-order valence-corrected chi connectivity index (χ2v) is 7.60. The molecular formula is C18H24N6O4. The van der Waals surface area contributed by atoms with Gasteiger partial charge in [-0.15, -0.1) is 0 Å². The summed E-state index contributed by atoms with van der Waals surface area (Å²) in [5, 5.41) is 4.41. The highest BCUT2D eigenvalue weighted by molar-refractivity contribution is 5.87. The Labute approximate surface area is 162 Å². The Morgan fingerprint density at radius 1 is 1.18 bits per heavy atom. The summed E-state index contributed by atoms with van der Waals surface area (Å²) in [4.78, 5) is 37.8. The van der Waals surface area contributed by atoms with Crippen LogP contribution >= 0.6 is 0 Å². The molecular weight excluding hydrogens is 364 g/mol. The van der Waals surface area contributed by atoms with E-state index in [1.54, 1.807) is 17.3 Å². The predicted molar refractivity (Wildman–Crippen MR) is 98.9 cm³/mol. The van der Waals surface area contributed by atoms with Crippen molar-refractivity contribution in [2.24, 2.45) is 5.90 Å². The SMILES string of the molecule is CC(C)(C)OC(=O)N1CCC(n2cc(-c3cncc(C(=O)ON)n3)cn2)CC1. The van der Waals surface area contributed by atoms with Crippen molar-refractivity contribution in [1.29, 1.82) is 0 Å². The van der Waals surface area contributed by atoms with Crippen LogP contribution in [0, 0.1) is 0 Å². The molecule has 10 nitrogen and oxygen atoms in total. The van der Waals surface area contributed by atoms with Crippen LogP contribution in [0.4, 0.5) is 4.79 Å². The highest BCUT2D eigenvalue weighted by Crippen LogP contribution is 2.25. The molecule has 0 spiro atoms. The van der Waals surface area contributed by atoms with Crippen LogP contribution in [0.5, 0.6) is 0 Å². The summed E-state index contributed by atoms with van der Waals surface area (Å²) in [7, 11) is 0. The van der Waals surface area contributed by atoms with Gasteiger partial charge in [0.05, 0.1) is 30.3 Å². The van der Waals surface area contributed by atoms with E-state index in [-0.39, 0.29) is 17.8 Å². The Kier molecular flexibility index (Phi) is 5.59. The minimum Gasteiger partial charge on any atom is -0.444 e. The van der Waals surface area contributed by atoms with E-state index >= 15 is 0 Å². The molecule has 3 heterocycles. The van der Waals surface area contributed by atoms with E-state index in [1.807, 2.05) is 31.6 Å². The first-order valence-electron chi connectivity index (χ1n) is 9.02. The number of ether oxygens (including phenoxy) is 1. The fourth-order valence-electron chi connectivity index (χ4n) is 2.97. The van der Waals surface area contributed by atoms with E-state index in [1.165, 1.54) is 6.20 Å². The smallest absolute Gasteiger partial charge is 0.410 e. The largest absolute Gasteiger partial charge is 0.444 e. The molecule has 1 aliphatic heterocycles. The number of piperidine rings is 1. The average molecular weight is 388 g/mol. The summed E-state index contributed by atoms with van der Waals surface area (Å²) in [5.74, 6) is 4.14. The number of hydrogen-bond acceptors (Lipinski definition) is 8. The van der Waals surface area contributed by atoms with Crippen molar-refractivity contribution in [2.45, 2.75) is 45.3 Å². The lowest BCUT2D eigenvalue weighted by molar-refractivity contribution is 0.0184. The van der Waals surface area contributed by atoms with Gasteiger partial charge in [0.25, 0.3) is 0 Å². The van der Waals surface area contributed by atoms with Gasteiger partial charge < -0.3 is 14.5 Å². The standard InChI is InChI=1S/C18H24N6O4/c1-18(2,3)27-17(26)23-6-4-13(5-7-23)24-11-12(8-21-24)14-9-20-10-15(22-14)16(25)28-19/h8-11,13H,4-7,19H2,1-3H3. The first-order chi connectivity index (χ1) is 13.3. The molecule has 2 aromatic heterocycles. The van der Waals surface area contributed by atoms with Gasteiger partial charge in [-0.2, -0.15) is 11.0 Å². The molecule has 0 aliphatic carbocycles. The Morgan fingerprint density at radius 3 is 2.54 bits per heavy atom. The van der Waals surface area contributed by atoms with Crippen LogP contribution in [0.2, 0.25) is 0 Å². The van der Waals surface area contributed by atoms with E-state index in [0.29, 0.717) is 18.8 Å². The Balaban J connectivity index is 1.64. The van der Waals surface area contributed by atoms with Crippen molar-refractivity contribution >= 4 is 12.1 Å². The topological polar surface area (TPSA) is 125 Å². The number of rotatable bonds is 3. The summed E-state index contributed by atoms with van der Waals surface area (Å²) in [6.07, 6.45) is 7.61. The third-order valence-electron chi connectivity index (χ3n) is 4.34. The molecule has 28 heavy (non-hydrogen) atoms. The highest BCUT2D eigenvalue weighted by atomic mass is 16.7. The molecule has 1 saturated heterocycles. The number of likely N-dealkylation sites (tertiary alicyclic amines) is 1. The van der Waals surface area contributed by atoms with Crippen LogP contribution in [-0.2, 0) is 9.57 Å². The molecule has 1 amide bonds. The number of hydrogen-bond donors (Lipinski definition) is 1. The fraction of sp³-hybridized carbons (Fsp3) is 0.500. The van der Waals surface area contributed by atoms with Gasteiger partial charge in [0.1, 0.15) is 5.60 Å². The minimum absolute atomic E-state index is 0.0263. The second-order valence-electron chi connectivity index (χ2n) is 7.60. The average Bonchev–Trinajstić information content (AvgIpc) is 3.16. The molecule has 0 radical (unpaired) electrons. The van der Waals surface area contributed by atoms with Crippen LogP contribution in [0.25, 0.3) is 11.3 Å². The number of nitrogens with zero attached hydrogens (tertiary/aromatic N) is 5. The maximum absolute atomic E-state index is 12.2. The van der Waals surface area contributed by atoms with Crippen LogP contribution in [0.15, 0.2) is 24.8 Å². The molecule has 0 atom stereocenters. The zero-order valence-electron chi connectivity index (χ0n) is 16.2. The van der Waals surface area contributed by atoms with E-state index in [4.69, 9.17) is 10.6 Å². The predicted octanol–water partition coefficient (Wildman–Crippen LogP) is 1.94. The molecule has 2 aromatic rings. The van der Waals surface area contributed by atoms with Crippen LogP contribution < -0.4 is 5.90 Å². The lowest BCUT2D eigenvalue weighted by atomic mass is 10.1. The van der Waals surface area contributed by atoms with Crippen LogP contribution in [0.1, 0.15) is 50.1 Å². The monoisotopic (exact) mass is 388 g/mol. The quantitative estimate of drug-likeness (QED) is 0.791. The third-order valence-corrected chi connectivity index (χ3v) is 4.34. The van der Waals surface area contributed by atoms with Gasteiger partial charge >= 0.3 is 12.1 Å². The number of aromatic nitrogens is 4. The molecule has 1 fully saturated rings. The van der Waals surface area contributed by atoms with E-state index < -0.39 is 11.6 Å². The van der Waals surface area contributed by atoms with Gasteiger partial charge in [0, 0.05) is 24.8 Å². The van der Waals surface area contributed by atoms with E-state index in [9.17, 15) is 9.59 Å². The van der Waals surface area contributed by atoms with Gasteiger partial charge in [0.2, 0.25) is 0 Å². The molecule has 2 N–H and O–H groups in total. The van der Waals surface area contributed by atoms with Crippen LogP contribution in [-0.4, -0.2) is 55.4 Å². The van der Waals surface area contributed by atoms with Crippen molar-refractivity contribution in [1.82, 2.24) is 24.6 Å². The van der Waals surface area contributed by atoms with E-state index in [0.717, 1.165) is 18.4 Å². The van der Waals surface area contributed by atoms with Gasteiger partial charge in [-0.3, -0.25) is 9.67 Å². The van der Waals surface area contributed by atoms with Crippen molar-refractivity contribution in [3.05, 3.63) is 30.5 Å². The van der Waals surface area contributed by atoms with Crippen molar-refractivity contribution in [2.75, 3.05) is 13.1 Å². The minimum atomic E-state index is -0.753. The maximum Gasteiger partial charge on any atom is 0.410 e. The first-order valence-corrected chi connectivity index (χ1v) is 9.02. The molecule has 10 heteroatoms. The lowest BCUT2D eigenvalue weighted by Gasteiger charge is -2.33. The van der Waals surface area contributed by atoms with Crippen LogP contribution in [0.3, 0.4) is 0 Å². The fourth-order valence-corrected chi connectivity index (χ4v) is 2.97. The zero-order valence-corrected chi connectivity index (χ0v) is 16.2.